The maximum Gasteiger partial charge on any atom is 0.368 e. The van der Waals surface area contributed by atoms with Gasteiger partial charge in [-0.05, 0) is 34.2 Å². The molecule has 7 nitrogen and oxygen atoms in total. The number of rotatable bonds is 6. The Morgan fingerprint density at radius 2 is 1.86 bits per heavy atom. The molecule has 4 rings (SSSR count). The van der Waals surface area contributed by atoms with Crippen molar-refractivity contribution in [1.29, 1.82) is 0 Å². The quantitative estimate of drug-likeness (QED) is 0.649. The lowest BCUT2D eigenvalue weighted by Crippen LogP contribution is -2.23. The molecular weight excluding hydrogens is 370 g/mol. The fourth-order valence-electron chi connectivity index (χ4n) is 3.18. The normalized spacial score (nSPS) is 17.4. The van der Waals surface area contributed by atoms with E-state index in [4.69, 9.17) is 9.47 Å². The van der Waals surface area contributed by atoms with E-state index in [1.165, 1.54) is 14.2 Å². The molecule has 1 aliphatic carbocycles. The molecule has 0 amide bonds. The number of para-hydroxylation sites is 2. The van der Waals surface area contributed by atoms with E-state index in [9.17, 15) is 13.6 Å². The Morgan fingerprint density at radius 3 is 2.46 bits per heavy atom. The zero-order valence-electron chi connectivity index (χ0n) is 15.3. The van der Waals surface area contributed by atoms with Gasteiger partial charge in [0.25, 0.3) is 5.92 Å². The molecule has 0 radical (unpaired) electrons. The average molecular weight is 388 g/mol. The first-order chi connectivity index (χ1) is 13.4. The molecule has 1 aromatic heterocycles. The Balaban J connectivity index is 1.77. The minimum atomic E-state index is -2.76. The number of nitrogens with zero attached hydrogens (tertiary/aromatic N) is 4. The Morgan fingerprint density at radius 1 is 1.14 bits per heavy atom. The third kappa shape index (κ3) is 3.12. The number of methoxy groups -OCH3 is 1. The van der Waals surface area contributed by atoms with Gasteiger partial charge in [0.05, 0.1) is 18.7 Å². The first-order valence-corrected chi connectivity index (χ1v) is 8.67. The largest absolute Gasteiger partial charge is 0.493 e. The van der Waals surface area contributed by atoms with Crippen molar-refractivity contribution < 1.29 is 18.3 Å². The van der Waals surface area contributed by atoms with E-state index in [2.05, 4.69) is 10.4 Å². The Labute approximate surface area is 159 Å². The summed E-state index contributed by atoms with van der Waals surface area (Å²) >= 11 is 0. The SMILES string of the molecule is COc1ccccc1OCc1c(C2CC2(F)F)cccc1-n1nnn(C)c1=O. The Kier molecular flexibility index (Phi) is 4.37. The molecular formula is C19H18F2N4O3. The molecule has 1 saturated carbocycles. The summed E-state index contributed by atoms with van der Waals surface area (Å²) < 4.78 is 40.9. The van der Waals surface area contributed by atoms with E-state index in [-0.39, 0.29) is 13.0 Å². The smallest absolute Gasteiger partial charge is 0.368 e. The van der Waals surface area contributed by atoms with Gasteiger partial charge in [0, 0.05) is 19.0 Å². The van der Waals surface area contributed by atoms with Gasteiger partial charge in [-0.1, -0.05) is 24.3 Å². The third-order valence-electron chi connectivity index (χ3n) is 4.78. The molecule has 0 spiro atoms. The highest BCUT2D eigenvalue weighted by molar-refractivity contribution is 5.49. The fourth-order valence-corrected chi connectivity index (χ4v) is 3.18. The van der Waals surface area contributed by atoms with Crippen LogP contribution in [0, 0.1) is 0 Å². The highest BCUT2D eigenvalue weighted by Crippen LogP contribution is 2.56. The zero-order valence-corrected chi connectivity index (χ0v) is 15.3. The highest BCUT2D eigenvalue weighted by atomic mass is 19.3. The number of aromatic nitrogens is 4. The number of aryl methyl sites for hydroxylation is 1. The van der Waals surface area contributed by atoms with Crippen LogP contribution in [-0.2, 0) is 13.7 Å². The van der Waals surface area contributed by atoms with Gasteiger partial charge in [-0.15, -0.1) is 0 Å². The van der Waals surface area contributed by atoms with Crippen LogP contribution in [0.1, 0.15) is 23.5 Å². The molecule has 0 N–H and O–H groups in total. The van der Waals surface area contributed by atoms with E-state index in [1.807, 2.05) is 0 Å². The predicted octanol–water partition coefficient (Wildman–Crippen LogP) is 2.68. The average Bonchev–Trinajstić information content (AvgIpc) is 3.21. The molecule has 0 saturated heterocycles. The number of alkyl halides is 2. The number of ether oxygens (including phenoxy) is 2. The van der Waals surface area contributed by atoms with Crippen LogP contribution in [0.25, 0.3) is 5.69 Å². The second-order valence-electron chi connectivity index (χ2n) is 6.60. The summed E-state index contributed by atoms with van der Waals surface area (Å²) in [5.74, 6) is -2.67. The molecule has 1 unspecified atom stereocenters. The fraction of sp³-hybridized carbons (Fsp3) is 0.316. The topological polar surface area (TPSA) is 71.2 Å². The van der Waals surface area contributed by atoms with Gasteiger partial charge in [0.2, 0.25) is 0 Å². The summed E-state index contributed by atoms with van der Waals surface area (Å²) in [4.78, 5) is 12.3. The minimum absolute atomic E-state index is 0.0263. The van der Waals surface area contributed by atoms with Crippen LogP contribution >= 0.6 is 0 Å². The van der Waals surface area contributed by atoms with E-state index < -0.39 is 17.5 Å². The number of benzene rings is 2. The molecule has 3 aromatic rings. The number of tetrazole rings is 1. The second kappa shape index (κ2) is 6.74. The second-order valence-corrected chi connectivity index (χ2v) is 6.60. The molecule has 0 aliphatic heterocycles. The molecule has 28 heavy (non-hydrogen) atoms. The first-order valence-electron chi connectivity index (χ1n) is 8.67. The van der Waals surface area contributed by atoms with Crippen LogP contribution in [0.2, 0.25) is 0 Å². The van der Waals surface area contributed by atoms with Crippen LogP contribution in [0.15, 0.2) is 47.3 Å². The van der Waals surface area contributed by atoms with Crippen molar-refractivity contribution in [3.05, 3.63) is 64.1 Å². The van der Waals surface area contributed by atoms with E-state index in [0.29, 0.717) is 28.3 Å². The van der Waals surface area contributed by atoms with E-state index >= 15 is 0 Å². The maximum atomic E-state index is 13.8. The van der Waals surface area contributed by atoms with Crippen molar-refractivity contribution in [2.24, 2.45) is 7.05 Å². The monoisotopic (exact) mass is 388 g/mol. The lowest BCUT2D eigenvalue weighted by atomic mass is 10.0. The van der Waals surface area contributed by atoms with Crippen molar-refractivity contribution in [2.45, 2.75) is 24.9 Å². The zero-order chi connectivity index (χ0) is 19.9. The molecule has 0 bridgehead atoms. The minimum Gasteiger partial charge on any atom is -0.493 e. The van der Waals surface area contributed by atoms with Crippen molar-refractivity contribution in [3.63, 3.8) is 0 Å². The maximum absolute atomic E-state index is 13.8. The number of halogens is 2. The van der Waals surface area contributed by atoms with Gasteiger partial charge in [0.1, 0.15) is 6.61 Å². The van der Waals surface area contributed by atoms with Gasteiger partial charge in [-0.25, -0.2) is 13.6 Å². The van der Waals surface area contributed by atoms with Gasteiger partial charge >= 0.3 is 5.69 Å². The van der Waals surface area contributed by atoms with Gasteiger partial charge < -0.3 is 9.47 Å². The molecule has 146 valence electrons. The summed E-state index contributed by atoms with van der Waals surface area (Å²) in [5, 5.41) is 7.55. The predicted molar refractivity (Wildman–Crippen MR) is 96.2 cm³/mol. The van der Waals surface area contributed by atoms with Gasteiger partial charge in [-0.2, -0.15) is 9.36 Å². The summed E-state index contributed by atoms with van der Waals surface area (Å²) in [6, 6.07) is 12.0. The molecule has 9 heteroatoms. The van der Waals surface area contributed by atoms with E-state index in [0.717, 1.165) is 9.36 Å². The Bertz CT molecular complexity index is 1080. The molecule has 1 atom stereocenters. The van der Waals surface area contributed by atoms with Crippen molar-refractivity contribution in [2.75, 3.05) is 7.11 Å². The molecule has 1 heterocycles. The van der Waals surface area contributed by atoms with Crippen LogP contribution in [-0.4, -0.2) is 32.8 Å². The first kappa shape index (κ1) is 18.1. The number of hydrogen-bond donors (Lipinski definition) is 0. The lowest BCUT2D eigenvalue weighted by Gasteiger charge is -2.16. The standard InChI is InChI=1S/C19H18F2N4O3/c1-24-18(26)25(23-22-24)15-7-5-6-12(14-10-19(14,20)21)13(15)11-28-17-9-4-3-8-16(17)27-2/h3-9,14H,10-11H2,1-2H3. The van der Waals surface area contributed by atoms with Crippen LogP contribution < -0.4 is 15.2 Å². The Hall–Kier alpha value is -3.23. The number of hydrogen-bond acceptors (Lipinski definition) is 5. The highest BCUT2D eigenvalue weighted by Gasteiger charge is 2.58. The third-order valence-corrected chi connectivity index (χ3v) is 4.78. The van der Waals surface area contributed by atoms with Gasteiger partial charge in [0.15, 0.2) is 11.5 Å². The van der Waals surface area contributed by atoms with Crippen LogP contribution in [0.5, 0.6) is 11.5 Å². The summed E-state index contributed by atoms with van der Waals surface area (Å²) in [6.45, 7) is -0.0263. The summed E-state index contributed by atoms with van der Waals surface area (Å²) in [6.07, 6.45) is -0.229. The molecule has 2 aromatic carbocycles. The molecule has 1 aliphatic rings. The summed E-state index contributed by atoms with van der Waals surface area (Å²) in [5.41, 5.74) is 0.805. The molecule has 1 fully saturated rings. The lowest BCUT2D eigenvalue weighted by molar-refractivity contribution is 0.112. The van der Waals surface area contributed by atoms with Crippen molar-refractivity contribution in [1.82, 2.24) is 19.8 Å². The van der Waals surface area contributed by atoms with Crippen molar-refractivity contribution in [3.8, 4) is 17.2 Å². The van der Waals surface area contributed by atoms with Crippen LogP contribution in [0.3, 0.4) is 0 Å². The van der Waals surface area contributed by atoms with Crippen LogP contribution in [0.4, 0.5) is 8.78 Å². The van der Waals surface area contributed by atoms with Gasteiger partial charge in [-0.3, -0.25) is 0 Å². The van der Waals surface area contributed by atoms with Crippen molar-refractivity contribution >= 4 is 0 Å². The van der Waals surface area contributed by atoms with E-state index in [1.54, 1.807) is 42.5 Å². The summed E-state index contributed by atoms with van der Waals surface area (Å²) in [7, 11) is 2.99.